The predicted octanol–water partition coefficient (Wildman–Crippen LogP) is 3.45. The van der Waals surface area contributed by atoms with Crippen LogP contribution < -0.4 is 0 Å². The number of aryl methyl sites for hydroxylation is 2. The Balaban J connectivity index is 1.90. The summed E-state index contributed by atoms with van der Waals surface area (Å²) in [4.78, 5) is 9.21. The highest BCUT2D eigenvalue weighted by molar-refractivity contribution is 5.49. The highest BCUT2D eigenvalue weighted by Crippen LogP contribution is 2.23. The van der Waals surface area contributed by atoms with E-state index in [1.54, 1.807) is 0 Å². The molecule has 0 aliphatic heterocycles. The molecule has 0 fully saturated rings. The van der Waals surface area contributed by atoms with Crippen molar-refractivity contribution in [2.45, 2.75) is 26.9 Å². The molecule has 3 rings (SSSR count). The maximum atomic E-state index is 4.52. The summed E-state index contributed by atoms with van der Waals surface area (Å²) < 4.78 is 1.98. The lowest BCUT2D eigenvalue weighted by Crippen LogP contribution is -2.31. The van der Waals surface area contributed by atoms with Crippen LogP contribution in [0.25, 0.3) is 5.69 Å². The molecular formula is C22H29N5. The van der Waals surface area contributed by atoms with Gasteiger partial charge in [0.05, 0.1) is 11.4 Å². The van der Waals surface area contributed by atoms with Crippen molar-refractivity contribution in [2.24, 2.45) is 0 Å². The second-order valence-corrected chi connectivity index (χ2v) is 7.38. The molecule has 0 saturated heterocycles. The first kappa shape index (κ1) is 19.3. The van der Waals surface area contributed by atoms with E-state index < -0.39 is 0 Å². The Kier molecular flexibility index (Phi) is 6.37. The SMILES string of the molecule is Cc1cc(C)c(-n2cccn2)c(CN(CCN(C)C)Cc2ccccn2)c1. The van der Waals surface area contributed by atoms with Gasteiger partial charge in [0.25, 0.3) is 0 Å². The van der Waals surface area contributed by atoms with E-state index in [4.69, 9.17) is 0 Å². The fourth-order valence-electron chi connectivity index (χ4n) is 3.41. The van der Waals surface area contributed by atoms with Crippen LogP contribution in [0.1, 0.15) is 22.4 Å². The molecule has 0 radical (unpaired) electrons. The van der Waals surface area contributed by atoms with Gasteiger partial charge in [-0.3, -0.25) is 9.88 Å². The lowest BCUT2D eigenvalue weighted by Gasteiger charge is -2.26. The average Bonchev–Trinajstić information content (AvgIpc) is 3.14. The Morgan fingerprint density at radius 1 is 0.963 bits per heavy atom. The third-order valence-electron chi connectivity index (χ3n) is 4.63. The molecule has 0 N–H and O–H groups in total. The van der Waals surface area contributed by atoms with E-state index in [1.807, 2.05) is 35.4 Å². The Morgan fingerprint density at radius 2 is 1.81 bits per heavy atom. The fraction of sp³-hybridized carbons (Fsp3) is 0.364. The zero-order chi connectivity index (χ0) is 19.2. The van der Waals surface area contributed by atoms with Crippen molar-refractivity contribution in [3.8, 4) is 5.69 Å². The molecule has 0 aliphatic carbocycles. The van der Waals surface area contributed by atoms with Gasteiger partial charge in [-0.2, -0.15) is 5.10 Å². The van der Waals surface area contributed by atoms with Crippen LogP contribution in [0.2, 0.25) is 0 Å². The maximum absolute atomic E-state index is 4.52. The molecule has 1 aromatic carbocycles. The summed E-state index contributed by atoms with van der Waals surface area (Å²) in [5.41, 5.74) is 6.11. The zero-order valence-corrected chi connectivity index (χ0v) is 16.8. The minimum Gasteiger partial charge on any atom is -0.308 e. The van der Waals surface area contributed by atoms with E-state index >= 15 is 0 Å². The first-order valence-corrected chi connectivity index (χ1v) is 9.40. The van der Waals surface area contributed by atoms with Crippen LogP contribution in [0.5, 0.6) is 0 Å². The molecule has 5 nitrogen and oxygen atoms in total. The molecule has 2 aromatic heterocycles. The molecule has 3 aromatic rings. The van der Waals surface area contributed by atoms with Gasteiger partial charge in [-0.05, 0) is 57.3 Å². The smallest absolute Gasteiger partial charge is 0.0719 e. The van der Waals surface area contributed by atoms with Gasteiger partial charge in [0.1, 0.15) is 0 Å². The monoisotopic (exact) mass is 363 g/mol. The van der Waals surface area contributed by atoms with Crippen LogP contribution in [-0.4, -0.2) is 51.7 Å². The highest BCUT2D eigenvalue weighted by Gasteiger charge is 2.15. The molecule has 142 valence electrons. The van der Waals surface area contributed by atoms with Crippen molar-refractivity contribution in [1.29, 1.82) is 0 Å². The summed E-state index contributed by atoms with van der Waals surface area (Å²) in [6.45, 7) is 8.01. The van der Waals surface area contributed by atoms with Crippen LogP contribution >= 0.6 is 0 Å². The quantitative estimate of drug-likeness (QED) is 0.614. The molecule has 0 bridgehead atoms. The van der Waals surface area contributed by atoms with Gasteiger partial charge in [0.15, 0.2) is 0 Å². The van der Waals surface area contributed by atoms with Gasteiger partial charge < -0.3 is 4.90 Å². The van der Waals surface area contributed by atoms with Gasteiger partial charge in [0.2, 0.25) is 0 Å². The van der Waals surface area contributed by atoms with Crippen LogP contribution in [0.3, 0.4) is 0 Å². The van der Waals surface area contributed by atoms with Crippen molar-refractivity contribution in [1.82, 2.24) is 24.6 Å². The molecule has 5 heteroatoms. The summed E-state index contributed by atoms with van der Waals surface area (Å²) in [6, 6.07) is 12.6. The van der Waals surface area contributed by atoms with Gasteiger partial charge >= 0.3 is 0 Å². The number of benzene rings is 1. The number of likely N-dealkylation sites (N-methyl/N-ethyl adjacent to an activating group) is 1. The standard InChI is InChI=1S/C22H29N5/c1-18-14-19(2)22(27-11-7-10-24-27)20(15-18)16-26(13-12-25(3)4)17-21-8-5-6-9-23-21/h5-11,14-15H,12-13,16-17H2,1-4H3. The van der Waals surface area contributed by atoms with Crippen molar-refractivity contribution in [3.63, 3.8) is 0 Å². The van der Waals surface area contributed by atoms with E-state index in [0.717, 1.165) is 31.9 Å². The number of nitrogens with zero attached hydrogens (tertiary/aromatic N) is 5. The number of hydrogen-bond acceptors (Lipinski definition) is 4. The third kappa shape index (κ3) is 5.25. The first-order valence-electron chi connectivity index (χ1n) is 9.40. The zero-order valence-electron chi connectivity index (χ0n) is 16.8. The van der Waals surface area contributed by atoms with Gasteiger partial charge in [-0.15, -0.1) is 0 Å². The number of hydrogen-bond donors (Lipinski definition) is 0. The van der Waals surface area contributed by atoms with Crippen molar-refractivity contribution in [2.75, 3.05) is 27.2 Å². The largest absolute Gasteiger partial charge is 0.308 e. The van der Waals surface area contributed by atoms with E-state index in [0.29, 0.717) is 0 Å². The minimum absolute atomic E-state index is 0.834. The number of rotatable bonds is 8. The number of pyridine rings is 1. The highest BCUT2D eigenvalue weighted by atomic mass is 15.3. The summed E-state index contributed by atoms with van der Waals surface area (Å²) in [7, 11) is 4.23. The summed E-state index contributed by atoms with van der Waals surface area (Å²) in [5, 5.41) is 4.48. The molecule has 0 aliphatic rings. The predicted molar refractivity (Wildman–Crippen MR) is 110 cm³/mol. The van der Waals surface area contributed by atoms with E-state index in [2.05, 4.69) is 72.1 Å². The Hall–Kier alpha value is -2.50. The van der Waals surface area contributed by atoms with E-state index in [1.165, 1.54) is 22.4 Å². The van der Waals surface area contributed by atoms with Crippen molar-refractivity contribution >= 4 is 0 Å². The normalized spacial score (nSPS) is 11.5. The fourth-order valence-corrected chi connectivity index (χ4v) is 3.41. The average molecular weight is 364 g/mol. The van der Waals surface area contributed by atoms with Crippen molar-refractivity contribution < 1.29 is 0 Å². The van der Waals surface area contributed by atoms with Gasteiger partial charge in [0, 0.05) is 44.8 Å². The van der Waals surface area contributed by atoms with E-state index in [-0.39, 0.29) is 0 Å². The molecular weight excluding hydrogens is 334 g/mol. The molecule has 0 atom stereocenters. The van der Waals surface area contributed by atoms with Gasteiger partial charge in [-0.1, -0.05) is 23.8 Å². The lowest BCUT2D eigenvalue weighted by molar-refractivity contribution is 0.223. The summed E-state index contributed by atoms with van der Waals surface area (Å²) in [6.07, 6.45) is 5.72. The molecule has 0 spiro atoms. The molecule has 27 heavy (non-hydrogen) atoms. The maximum Gasteiger partial charge on any atom is 0.0719 e. The summed E-state index contributed by atoms with van der Waals surface area (Å²) in [5.74, 6) is 0. The Morgan fingerprint density at radius 3 is 2.48 bits per heavy atom. The number of aromatic nitrogens is 3. The van der Waals surface area contributed by atoms with Crippen molar-refractivity contribution in [3.05, 3.63) is 77.4 Å². The summed E-state index contributed by atoms with van der Waals surface area (Å²) >= 11 is 0. The second kappa shape index (κ2) is 8.93. The minimum atomic E-state index is 0.834. The van der Waals surface area contributed by atoms with Gasteiger partial charge in [-0.25, -0.2) is 4.68 Å². The first-order chi connectivity index (χ1) is 13.0. The molecule has 0 saturated carbocycles. The van der Waals surface area contributed by atoms with Crippen LogP contribution in [0.4, 0.5) is 0 Å². The third-order valence-corrected chi connectivity index (χ3v) is 4.63. The molecule has 2 heterocycles. The van der Waals surface area contributed by atoms with Crippen LogP contribution in [0.15, 0.2) is 55.0 Å². The Bertz CT molecular complexity index is 841. The van der Waals surface area contributed by atoms with Crippen LogP contribution in [-0.2, 0) is 13.1 Å². The van der Waals surface area contributed by atoms with E-state index in [9.17, 15) is 0 Å². The molecule has 0 amide bonds. The Labute approximate surface area is 162 Å². The molecule has 0 unspecified atom stereocenters. The lowest BCUT2D eigenvalue weighted by atomic mass is 10.0. The van der Waals surface area contributed by atoms with Crippen LogP contribution in [0, 0.1) is 13.8 Å². The topological polar surface area (TPSA) is 37.2 Å². The second-order valence-electron chi connectivity index (χ2n) is 7.38.